The lowest BCUT2D eigenvalue weighted by Gasteiger charge is -1.97. The van der Waals surface area contributed by atoms with Crippen LogP contribution in [0.5, 0.6) is 0 Å². The number of allylic oxidation sites excluding steroid dienone is 2. The van der Waals surface area contributed by atoms with Crippen LogP contribution < -0.4 is 0 Å². The summed E-state index contributed by atoms with van der Waals surface area (Å²) in [5.41, 5.74) is 2.28. The van der Waals surface area contributed by atoms with E-state index in [2.05, 4.69) is 0 Å². The molecular formula is C18H18O5S2. The Bertz CT molecular complexity index is 870. The molecule has 0 spiro atoms. The van der Waals surface area contributed by atoms with Gasteiger partial charge in [-0.2, -0.15) is 0 Å². The van der Waals surface area contributed by atoms with Crippen molar-refractivity contribution >= 4 is 46.0 Å². The van der Waals surface area contributed by atoms with E-state index < -0.39 is 5.97 Å². The second kappa shape index (κ2) is 7.76. The predicted molar refractivity (Wildman–Crippen MR) is 98.8 cm³/mol. The maximum absolute atomic E-state index is 12.5. The van der Waals surface area contributed by atoms with Crippen molar-refractivity contribution in [2.24, 2.45) is 0 Å². The van der Waals surface area contributed by atoms with Crippen molar-refractivity contribution in [3.8, 4) is 0 Å². The Morgan fingerprint density at radius 3 is 1.80 bits per heavy atom. The number of ketones is 1. The van der Waals surface area contributed by atoms with Crippen LogP contribution >= 0.6 is 22.7 Å². The molecule has 5 nitrogen and oxygen atoms in total. The Labute approximate surface area is 153 Å². The topological polar surface area (TPSA) is 69.7 Å². The van der Waals surface area contributed by atoms with Crippen molar-refractivity contribution in [2.75, 3.05) is 14.2 Å². The van der Waals surface area contributed by atoms with Gasteiger partial charge in [-0.15, -0.1) is 22.7 Å². The molecule has 25 heavy (non-hydrogen) atoms. The van der Waals surface area contributed by atoms with E-state index in [1.54, 1.807) is 13.0 Å². The van der Waals surface area contributed by atoms with E-state index in [0.717, 1.165) is 27.4 Å². The molecule has 2 aromatic rings. The number of hydrogen-bond acceptors (Lipinski definition) is 7. The number of carbonyl (C=O) groups excluding carboxylic acids is 3. The number of rotatable bonds is 5. The molecule has 0 aliphatic heterocycles. The summed E-state index contributed by atoms with van der Waals surface area (Å²) >= 11 is 2.40. The first-order chi connectivity index (χ1) is 11.8. The average molecular weight is 378 g/mol. The third kappa shape index (κ3) is 4.05. The monoisotopic (exact) mass is 378 g/mol. The van der Waals surface area contributed by atoms with Gasteiger partial charge in [0.05, 0.1) is 19.1 Å². The highest BCUT2D eigenvalue weighted by Gasteiger charge is 2.18. The zero-order valence-corrected chi connectivity index (χ0v) is 16.2. The number of hydrogen-bond donors (Lipinski definition) is 0. The van der Waals surface area contributed by atoms with Crippen LogP contribution in [-0.4, -0.2) is 31.9 Å². The average Bonchev–Trinajstić information content (AvgIpc) is 3.16. The Kier molecular flexibility index (Phi) is 5.92. The molecule has 0 fully saturated rings. The molecule has 2 aromatic heterocycles. The van der Waals surface area contributed by atoms with E-state index in [9.17, 15) is 14.4 Å². The summed E-state index contributed by atoms with van der Waals surface area (Å²) in [5, 5.41) is 0. The maximum Gasteiger partial charge on any atom is 0.348 e. The van der Waals surface area contributed by atoms with Crippen LogP contribution in [0, 0.1) is 13.8 Å². The fraction of sp³-hybridized carbons (Fsp3) is 0.278. The van der Waals surface area contributed by atoms with Crippen molar-refractivity contribution in [1.29, 1.82) is 0 Å². The minimum atomic E-state index is -0.446. The first-order valence-corrected chi connectivity index (χ1v) is 9.02. The third-order valence-electron chi connectivity index (χ3n) is 3.56. The Morgan fingerprint density at radius 1 is 0.880 bits per heavy atom. The van der Waals surface area contributed by atoms with Crippen LogP contribution in [0.15, 0.2) is 18.2 Å². The Balaban J connectivity index is 2.29. The molecule has 0 aliphatic rings. The minimum absolute atomic E-state index is 0.188. The lowest BCUT2D eigenvalue weighted by atomic mass is 10.1. The summed E-state index contributed by atoms with van der Waals surface area (Å²) in [4.78, 5) is 38.1. The van der Waals surface area contributed by atoms with Gasteiger partial charge in [0.15, 0.2) is 5.78 Å². The quantitative estimate of drug-likeness (QED) is 0.441. The van der Waals surface area contributed by atoms with Crippen LogP contribution in [0.3, 0.4) is 0 Å². The molecular weight excluding hydrogens is 360 g/mol. The van der Waals surface area contributed by atoms with Crippen LogP contribution in [0.1, 0.15) is 51.9 Å². The lowest BCUT2D eigenvalue weighted by Crippen LogP contribution is -1.99. The first-order valence-electron chi connectivity index (χ1n) is 7.39. The molecule has 0 saturated heterocycles. The Morgan fingerprint density at radius 2 is 1.32 bits per heavy atom. The van der Waals surface area contributed by atoms with Gasteiger partial charge in [-0.05, 0) is 55.7 Å². The van der Waals surface area contributed by atoms with Crippen molar-refractivity contribution in [2.45, 2.75) is 20.8 Å². The van der Waals surface area contributed by atoms with E-state index in [1.807, 2.05) is 19.9 Å². The Hall–Kier alpha value is -2.25. The zero-order chi connectivity index (χ0) is 18.7. The maximum atomic E-state index is 12.5. The largest absolute Gasteiger partial charge is 0.465 e. The molecule has 0 bridgehead atoms. The fourth-order valence-electron chi connectivity index (χ4n) is 2.21. The molecule has 2 heterocycles. The van der Waals surface area contributed by atoms with Gasteiger partial charge in [0, 0.05) is 4.88 Å². The molecule has 7 heteroatoms. The molecule has 0 amide bonds. The second-order valence-corrected chi connectivity index (χ2v) is 7.52. The molecule has 0 atom stereocenters. The molecule has 0 unspecified atom stereocenters. The molecule has 0 aromatic carbocycles. The third-order valence-corrected chi connectivity index (χ3v) is 6.14. The van der Waals surface area contributed by atoms with Gasteiger partial charge in [0.1, 0.15) is 9.75 Å². The van der Waals surface area contributed by atoms with Gasteiger partial charge in [-0.3, -0.25) is 4.79 Å². The summed E-state index contributed by atoms with van der Waals surface area (Å²) < 4.78 is 9.46. The number of esters is 2. The second-order valence-electron chi connectivity index (χ2n) is 5.42. The van der Waals surface area contributed by atoms with Gasteiger partial charge < -0.3 is 9.47 Å². The van der Waals surface area contributed by atoms with Crippen molar-refractivity contribution < 1.29 is 23.9 Å². The summed E-state index contributed by atoms with van der Waals surface area (Å²) in [6.07, 6.45) is 1.51. The van der Waals surface area contributed by atoms with Crippen molar-refractivity contribution in [1.82, 2.24) is 0 Å². The lowest BCUT2D eigenvalue weighted by molar-refractivity contribution is 0.0596. The molecule has 2 rings (SSSR count). The highest BCUT2D eigenvalue weighted by atomic mass is 32.1. The number of methoxy groups -OCH3 is 2. The van der Waals surface area contributed by atoms with Crippen LogP contribution in [0.4, 0.5) is 0 Å². The van der Waals surface area contributed by atoms with Crippen LogP contribution in [0.25, 0.3) is 5.57 Å². The van der Waals surface area contributed by atoms with E-state index in [4.69, 9.17) is 9.47 Å². The number of aryl methyl sites for hydroxylation is 2. The summed E-state index contributed by atoms with van der Waals surface area (Å²) in [6.45, 7) is 5.40. The van der Waals surface area contributed by atoms with E-state index in [0.29, 0.717) is 20.2 Å². The fourth-order valence-corrected chi connectivity index (χ4v) is 4.27. The van der Waals surface area contributed by atoms with Crippen LogP contribution in [0.2, 0.25) is 0 Å². The highest BCUT2D eigenvalue weighted by Crippen LogP contribution is 2.29. The summed E-state index contributed by atoms with van der Waals surface area (Å²) in [6, 6.07) is 3.54. The first kappa shape index (κ1) is 19.1. The highest BCUT2D eigenvalue weighted by molar-refractivity contribution is 7.16. The van der Waals surface area contributed by atoms with Gasteiger partial charge in [0.25, 0.3) is 0 Å². The molecule has 0 aliphatic carbocycles. The van der Waals surface area contributed by atoms with Gasteiger partial charge in [-0.1, -0.05) is 0 Å². The smallest absolute Gasteiger partial charge is 0.348 e. The van der Waals surface area contributed by atoms with Gasteiger partial charge in [-0.25, -0.2) is 9.59 Å². The van der Waals surface area contributed by atoms with Crippen molar-refractivity contribution in [3.63, 3.8) is 0 Å². The van der Waals surface area contributed by atoms with Crippen LogP contribution in [-0.2, 0) is 9.47 Å². The molecule has 0 N–H and O–H groups in total. The number of ether oxygens (including phenoxy) is 2. The SMILES string of the molecule is COC(=O)c1sc(C(=O)C=C(C)c2cc(C)c(C(=O)OC)s2)cc1C. The minimum Gasteiger partial charge on any atom is -0.465 e. The van der Waals surface area contributed by atoms with Crippen molar-refractivity contribution in [3.05, 3.63) is 48.8 Å². The number of carbonyl (C=O) groups is 3. The van der Waals surface area contributed by atoms with E-state index >= 15 is 0 Å². The standard InChI is InChI=1S/C18H18O5S2/c1-9(13-7-10(2)15(24-13)17(20)22-4)6-12(19)14-8-11(3)16(25-14)18(21)23-5/h6-8H,1-5H3. The van der Waals surface area contributed by atoms with Gasteiger partial charge in [0.2, 0.25) is 0 Å². The summed E-state index contributed by atoms with van der Waals surface area (Å²) in [7, 11) is 2.65. The summed E-state index contributed by atoms with van der Waals surface area (Å²) in [5.74, 6) is -1.02. The molecule has 132 valence electrons. The van der Waals surface area contributed by atoms with E-state index in [-0.39, 0.29) is 11.8 Å². The molecule has 0 radical (unpaired) electrons. The normalized spacial score (nSPS) is 11.3. The zero-order valence-electron chi connectivity index (χ0n) is 14.6. The predicted octanol–water partition coefficient (Wildman–Crippen LogP) is 4.29. The van der Waals surface area contributed by atoms with Gasteiger partial charge >= 0.3 is 11.9 Å². The van der Waals surface area contributed by atoms with E-state index in [1.165, 1.54) is 31.6 Å². The molecule has 0 saturated carbocycles. The number of thiophene rings is 2.